The number of likely N-dealkylation sites (N-methyl/N-ethyl adjacent to an activating group) is 1. The Kier molecular flexibility index (Phi) is 5.40. The van der Waals surface area contributed by atoms with Gasteiger partial charge >= 0.3 is 0 Å². The fraction of sp³-hybridized carbons (Fsp3) is 0.316. The van der Waals surface area contributed by atoms with Crippen LogP contribution in [0.3, 0.4) is 0 Å². The van der Waals surface area contributed by atoms with Gasteiger partial charge in [-0.3, -0.25) is 9.69 Å². The zero-order chi connectivity index (χ0) is 17.8. The number of amides is 1. The van der Waals surface area contributed by atoms with Gasteiger partial charge in [0, 0.05) is 24.7 Å². The zero-order valence-corrected chi connectivity index (χ0v) is 13.9. The number of carbonyl (C=O) groups is 1. The normalized spacial score (nSPS) is 21.1. The predicted octanol–water partition coefficient (Wildman–Crippen LogP) is 2.65. The molecule has 1 saturated heterocycles. The third-order valence-corrected chi connectivity index (χ3v) is 4.37. The molecule has 0 bridgehead atoms. The molecule has 2 aromatic rings. The van der Waals surface area contributed by atoms with Crippen LogP contribution in [-0.2, 0) is 16.1 Å². The van der Waals surface area contributed by atoms with Crippen LogP contribution in [-0.4, -0.2) is 37.1 Å². The first kappa shape index (κ1) is 17.5. The predicted molar refractivity (Wildman–Crippen MR) is 89.8 cm³/mol. The SMILES string of the molecule is CN1CCO[C@@H](C(=O)NCc2ccc(F)cc2F)[C@@H]1c1ccccc1. The van der Waals surface area contributed by atoms with Crippen molar-refractivity contribution in [2.45, 2.75) is 18.7 Å². The molecule has 1 heterocycles. The Balaban J connectivity index is 1.72. The van der Waals surface area contributed by atoms with E-state index in [1.807, 2.05) is 37.4 Å². The molecule has 25 heavy (non-hydrogen) atoms. The summed E-state index contributed by atoms with van der Waals surface area (Å²) in [7, 11) is 1.94. The third kappa shape index (κ3) is 4.03. The number of benzene rings is 2. The Morgan fingerprint density at radius 2 is 2.00 bits per heavy atom. The molecule has 6 heteroatoms. The summed E-state index contributed by atoms with van der Waals surface area (Å²) in [5, 5.41) is 2.70. The Hall–Kier alpha value is -2.31. The summed E-state index contributed by atoms with van der Waals surface area (Å²) in [5.41, 5.74) is 1.22. The van der Waals surface area contributed by atoms with E-state index in [1.165, 1.54) is 12.1 Å². The Labute approximate surface area is 145 Å². The molecule has 0 aliphatic carbocycles. The number of morpholine rings is 1. The Bertz CT molecular complexity index is 739. The maximum absolute atomic E-state index is 13.7. The lowest BCUT2D eigenvalue weighted by atomic mass is 9.98. The van der Waals surface area contributed by atoms with Crippen LogP contribution >= 0.6 is 0 Å². The molecule has 132 valence electrons. The van der Waals surface area contributed by atoms with E-state index in [4.69, 9.17) is 4.74 Å². The van der Waals surface area contributed by atoms with Crippen LogP contribution < -0.4 is 5.32 Å². The molecule has 0 saturated carbocycles. The van der Waals surface area contributed by atoms with Gasteiger partial charge in [-0.25, -0.2) is 8.78 Å². The summed E-state index contributed by atoms with van der Waals surface area (Å²) in [6.07, 6.45) is -0.690. The number of hydrogen-bond acceptors (Lipinski definition) is 3. The second-order valence-electron chi connectivity index (χ2n) is 6.08. The molecular weight excluding hydrogens is 326 g/mol. The van der Waals surface area contributed by atoms with Gasteiger partial charge in [0.25, 0.3) is 5.91 Å². The maximum Gasteiger partial charge on any atom is 0.251 e. The van der Waals surface area contributed by atoms with Crippen LogP contribution in [0.15, 0.2) is 48.5 Å². The molecule has 0 radical (unpaired) electrons. The van der Waals surface area contributed by atoms with Crippen molar-refractivity contribution in [1.82, 2.24) is 10.2 Å². The molecule has 0 aromatic heterocycles. The summed E-state index contributed by atoms with van der Waals surface area (Å²) >= 11 is 0. The zero-order valence-electron chi connectivity index (χ0n) is 13.9. The van der Waals surface area contributed by atoms with Gasteiger partial charge in [0.1, 0.15) is 11.6 Å². The minimum atomic E-state index is -0.690. The second kappa shape index (κ2) is 7.72. The van der Waals surface area contributed by atoms with E-state index in [0.717, 1.165) is 18.2 Å². The first-order chi connectivity index (χ1) is 12.1. The fourth-order valence-corrected chi connectivity index (χ4v) is 3.03. The van der Waals surface area contributed by atoms with Crippen LogP contribution in [0.25, 0.3) is 0 Å². The highest BCUT2D eigenvalue weighted by molar-refractivity contribution is 5.82. The molecule has 3 rings (SSSR count). The van der Waals surface area contributed by atoms with Crippen molar-refractivity contribution in [3.8, 4) is 0 Å². The molecule has 1 fully saturated rings. The van der Waals surface area contributed by atoms with E-state index in [2.05, 4.69) is 10.2 Å². The molecule has 2 aromatic carbocycles. The van der Waals surface area contributed by atoms with Crippen molar-refractivity contribution in [2.24, 2.45) is 0 Å². The average Bonchev–Trinajstić information content (AvgIpc) is 2.61. The molecule has 0 unspecified atom stereocenters. The summed E-state index contributed by atoms with van der Waals surface area (Å²) in [4.78, 5) is 14.7. The van der Waals surface area contributed by atoms with Crippen LogP contribution in [0.5, 0.6) is 0 Å². The third-order valence-electron chi connectivity index (χ3n) is 4.37. The summed E-state index contributed by atoms with van der Waals surface area (Å²) in [6, 6.07) is 12.7. The summed E-state index contributed by atoms with van der Waals surface area (Å²) < 4.78 is 32.4. The van der Waals surface area contributed by atoms with Gasteiger partial charge in [-0.1, -0.05) is 36.4 Å². The van der Waals surface area contributed by atoms with Crippen molar-refractivity contribution in [1.29, 1.82) is 0 Å². The molecule has 4 nitrogen and oxygen atoms in total. The lowest BCUT2D eigenvalue weighted by Crippen LogP contribution is -2.50. The molecule has 1 amide bonds. The number of halogens is 2. The first-order valence-corrected chi connectivity index (χ1v) is 8.14. The lowest BCUT2D eigenvalue weighted by molar-refractivity contribution is -0.144. The minimum absolute atomic E-state index is 0.0178. The van der Waals surface area contributed by atoms with Gasteiger partial charge in [-0.15, -0.1) is 0 Å². The largest absolute Gasteiger partial charge is 0.365 e. The Morgan fingerprint density at radius 1 is 1.24 bits per heavy atom. The molecule has 0 spiro atoms. The molecule has 1 aliphatic heterocycles. The van der Waals surface area contributed by atoms with E-state index in [-0.39, 0.29) is 24.1 Å². The van der Waals surface area contributed by atoms with E-state index in [0.29, 0.717) is 6.61 Å². The highest BCUT2D eigenvalue weighted by Crippen LogP contribution is 2.28. The van der Waals surface area contributed by atoms with E-state index in [1.54, 1.807) is 0 Å². The first-order valence-electron chi connectivity index (χ1n) is 8.14. The summed E-state index contributed by atoms with van der Waals surface area (Å²) in [6.45, 7) is 1.15. The van der Waals surface area contributed by atoms with Crippen molar-refractivity contribution >= 4 is 5.91 Å². The van der Waals surface area contributed by atoms with Gasteiger partial charge in [0.05, 0.1) is 12.6 Å². The topological polar surface area (TPSA) is 41.6 Å². The van der Waals surface area contributed by atoms with Crippen molar-refractivity contribution in [3.05, 3.63) is 71.3 Å². The van der Waals surface area contributed by atoms with Crippen molar-refractivity contribution in [2.75, 3.05) is 20.2 Å². The molecule has 1 aliphatic rings. The quantitative estimate of drug-likeness (QED) is 0.925. The monoisotopic (exact) mass is 346 g/mol. The van der Waals surface area contributed by atoms with E-state index >= 15 is 0 Å². The van der Waals surface area contributed by atoms with E-state index < -0.39 is 17.7 Å². The minimum Gasteiger partial charge on any atom is -0.365 e. The van der Waals surface area contributed by atoms with Gasteiger partial charge < -0.3 is 10.1 Å². The maximum atomic E-state index is 13.7. The van der Waals surface area contributed by atoms with Gasteiger partial charge in [0.15, 0.2) is 6.10 Å². The van der Waals surface area contributed by atoms with Crippen LogP contribution in [0, 0.1) is 11.6 Å². The summed E-state index contributed by atoms with van der Waals surface area (Å²) in [5.74, 6) is -1.64. The highest BCUT2D eigenvalue weighted by atomic mass is 19.1. The van der Waals surface area contributed by atoms with Crippen LogP contribution in [0.2, 0.25) is 0 Å². The van der Waals surface area contributed by atoms with Gasteiger partial charge in [-0.05, 0) is 18.7 Å². The van der Waals surface area contributed by atoms with Gasteiger partial charge in [0.2, 0.25) is 0 Å². The van der Waals surface area contributed by atoms with Crippen molar-refractivity contribution < 1.29 is 18.3 Å². The number of nitrogens with one attached hydrogen (secondary N) is 1. The average molecular weight is 346 g/mol. The number of carbonyl (C=O) groups excluding carboxylic acids is 1. The van der Waals surface area contributed by atoms with Crippen LogP contribution in [0.1, 0.15) is 17.2 Å². The van der Waals surface area contributed by atoms with Crippen molar-refractivity contribution in [3.63, 3.8) is 0 Å². The number of nitrogens with zero attached hydrogens (tertiary/aromatic N) is 1. The standard InChI is InChI=1S/C19H20F2N2O2/c1-23-9-10-25-18(17(23)13-5-3-2-4-6-13)19(24)22-12-14-7-8-15(20)11-16(14)21/h2-8,11,17-18H,9-10,12H2,1H3,(H,22,24)/t17-,18+/m0/s1. The second-order valence-corrected chi connectivity index (χ2v) is 6.08. The fourth-order valence-electron chi connectivity index (χ4n) is 3.03. The molecular formula is C19H20F2N2O2. The molecule has 1 N–H and O–H groups in total. The smallest absolute Gasteiger partial charge is 0.251 e. The van der Waals surface area contributed by atoms with Crippen LogP contribution in [0.4, 0.5) is 8.78 Å². The Morgan fingerprint density at radius 3 is 2.72 bits per heavy atom. The lowest BCUT2D eigenvalue weighted by Gasteiger charge is -2.38. The number of hydrogen-bond donors (Lipinski definition) is 1. The number of ether oxygens (including phenoxy) is 1. The molecule has 2 atom stereocenters. The highest BCUT2D eigenvalue weighted by Gasteiger charge is 2.36. The number of rotatable bonds is 4. The van der Waals surface area contributed by atoms with E-state index in [9.17, 15) is 13.6 Å². The van der Waals surface area contributed by atoms with Gasteiger partial charge in [-0.2, -0.15) is 0 Å².